The minimum absolute atomic E-state index is 0.0236. The number of aromatic amines is 1. The third-order valence-electron chi connectivity index (χ3n) is 12.7. The number of nitrogens with two attached hydrogens (primary N) is 2. The van der Waals surface area contributed by atoms with Crippen molar-refractivity contribution in [2.75, 3.05) is 26.2 Å². The molecule has 0 aliphatic carbocycles. The number of aliphatic imine (C=N–C) groups is 1. The zero-order chi connectivity index (χ0) is 53.6. The van der Waals surface area contributed by atoms with Crippen LogP contribution >= 0.6 is 0 Å². The summed E-state index contributed by atoms with van der Waals surface area (Å²) in [6, 6.07) is -5.72. The third-order valence-corrected chi connectivity index (χ3v) is 12.7. The van der Waals surface area contributed by atoms with Crippen LogP contribution in [0.25, 0.3) is 0 Å². The van der Waals surface area contributed by atoms with Gasteiger partial charge in [-0.3, -0.25) is 48.6 Å². The van der Waals surface area contributed by atoms with Gasteiger partial charge in [0.1, 0.15) is 73.0 Å². The minimum atomic E-state index is -1.95. The summed E-state index contributed by atoms with van der Waals surface area (Å²) in [7, 11) is 0. The molecule has 0 aromatic carbocycles. The van der Waals surface area contributed by atoms with Crippen molar-refractivity contribution in [3.8, 4) is 0 Å². The number of carbonyl (C=O) groups excluding carboxylic acids is 3. The van der Waals surface area contributed by atoms with Crippen molar-refractivity contribution in [1.82, 2.24) is 36.1 Å². The highest BCUT2D eigenvalue weighted by Gasteiger charge is 2.54. The molecular weight excluding hydrogens is 953 g/mol. The SMILES string of the molecule is CC(C)CCCCCC(=O)O[C@@H](C(C)C)[C@H](NC(=O)[C@@H](N[C@H](C(=O)O)C(C)C)[C@@H]1CCN=C(N)N1)C(=O)NCCCN[C@H](C(=O)O)[C@H](O[C@@H]1O[C@H](CN)[C@@H](O)[C@H]1O)[C@H]1O[C@@H](n2ccc(=O)[nH]c2=O)[C@H](O)[C@@H]1O. The van der Waals surface area contributed by atoms with Crippen molar-refractivity contribution >= 4 is 35.7 Å². The molecule has 2 fully saturated rings. The van der Waals surface area contributed by atoms with E-state index in [1.807, 2.05) is 4.98 Å². The number of aliphatic hydroxyl groups excluding tert-OH is 4. The first kappa shape index (κ1) is 59.5. The minimum Gasteiger partial charge on any atom is -0.480 e. The molecule has 27 nitrogen and oxygen atoms in total. The monoisotopic (exact) mass is 1030 g/mol. The Labute approximate surface area is 416 Å². The number of aliphatic hydroxyl groups is 4. The highest BCUT2D eigenvalue weighted by molar-refractivity contribution is 5.92. The zero-order valence-electron chi connectivity index (χ0n) is 41.5. The van der Waals surface area contributed by atoms with E-state index in [-0.39, 0.29) is 51.4 Å². The van der Waals surface area contributed by atoms with Crippen molar-refractivity contribution in [2.45, 2.75) is 178 Å². The number of hydrogen-bond donors (Lipinski definition) is 14. The van der Waals surface area contributed by atoms with E-state index in [0.717, 1.165) is 36.1 Å². The van der Waals surface area contributed by atoms with E-state index in [1.54, 1.807) is 27.7 Å². The van der Waals surface area contributed by atoms with Gasteiger partial charge < -0.3 is 82.3 Å². The van der Waals surface area contributed by atoms with Crippen molar-refractivity contribution < 1.29 is 73.6 Å². The first-order chi connectivity index (χ1) is 34.0. The van der Waals surface area contributed by atoms with Crippen LogP contribution in [-0.2, 0) is 42.9 Å². The molecule has 0 spiro atoms. The molecule has 2 saturated heterocycles. The quantitative estimate of drug-likeness (QED) is 0.0268. The number of aliphatic carboxylic acids is 2. The van der Waals surface area contributed by atoms with Crippen molar-refractivity contribution in [1.29, 1.82) is 0 Å². The summed E-state index contributed by atoms with van der Waals surface area (Å²) in [5.41, 5.74) is 9.83. The number of unbranched alkanes of at least 4 members (excludes halogenated alkanes) is 2. The Morgan fingerprint density at radius 1 is 0.861 bits per heavy atom. The molecule has 0 saturated carbocycles. The average molecular weight is 1030 g/mol. The Bertz CT molecular complexity index is 2110. The second-order valence-electron chi connectivity index (χ2n) is 19.5. The van der Waals surface area contributed by atoms with Crippen LogP contribution in [0.2, 0.25) is 0 Å². The number of carbonyl (C=O) groups is 5. The summed E-state index contributed by atoms with van der Waals surface area (Å²) in [6.07, 6.45) is -12.2. The van der Waals surface area contributed by atoms with E-state index in [0.29, 0.717) is 12.3 Å². The lowest BCUT2D eigenvalue weighted by Crippen LogP contribution is -2.66. The molecule has 0 radical (unpaired) electrons. The van der Waals surface area contributed by atoms with Crippen LogP contribution in [0.15, 0.2) is 26.8 Å². The second-order valence-corrected chi connectivity index (χ2v) is 19.5. The maximum atomic E-state index is 14.4. The normalized spacial score (nSPS) is 26.8. The van der Waals surface area contributed by atoms with Gasteiger partial charge in [0.25, 0.3) is 5.56 Å². The lowest BCUT2D eigenvalue weighted by atomic mass is 9.95. The molecule has 4 rings (SSSR count). The van der Waals surface area contributed by atoms with E-state index in [1.165, 1.54) is 0 Å². The van der Waals surface area contributed by atoms with Gasteiger partial charge >= 0.3 is 23.6 Å². The maximum Gasteiger partial charge on any atom is 0.330 e. The summed E-state index contributed by atoms with van der Waals surface area (Å²) in [4.78, 5) is 97.9. The molecule has 1 aromatic heterocycles. The van der Waals surface area contributed by atoms with Gasteiger partial charge in [0.05, 0.1) is 6.04 Å². The van der Waals surface area contributed by atoms with Gasteiger partial charge in [0, 0.05) is 38.3 Å². The molecule has 4 heterocycles. The van der Waals surface area contributed by atoms with Gasteiger partial charge in [-0.2, -0.15) is 0 Å². The van der Waals surface area contributed by atoms with Gasteiger partial charge in [-0.25, -0.2) is 4.79 Å². The molecule has 3 aliphatic heterocycles. The van der Waals surface area contributed by atoms with Gasteiger partial charge in [-0.1, -0.05) is 60.8 Å². The Balaban J connectivity index is 1.57. The Kier molecular flexibility index (Phi) is 23.0. The van der Waals surface area contributed by atoms with E-state index >= 15 is 0 Å². The number of nitrogens with zero attached hydrogens (tertiary/aromatic N) is 2. The molecular formula is C45H76N10O17. The number of amides is 2. The first-order valence-corrected chi connectivity index (χ1v) is 24.5. The van der Waals surface area contributed by atoms with Crippen molar-refractivity contribution in [2.24, 2.45) is 34.2 Å². The standard InChI is InChI=1S/C45H76N10O17/c1-20(2)11-8-7-9-12-26(57)70-35(22(5)6)29(54-39(63)28(23-13-17-50-44(47)51-23)53-27(21(3)4)41(64)65)38(62)49-16-10-15-48-30(42(66)67)36(72-43-34(61)31(58)24(19-46)69-43)37-32(59)33(60)40(71-37)55-18-14-25(56)52-45(55)68/h14,18,20-24,27-37,40,43,48,53,58-61H,7-13,15-17,19,46H2,1-6H3,(H,49,62)(H,54,63)(H,64,65)(H,66,67)(H3,47,50,51)(H,52,56,68)/t23-,24+,27-,28-,29-,30-,31+,32-,33+,34+,35-,36-,37-,40+,43-/m0/s1. The number of carboxylic acid groups (broad SMARTS) is 2. The van der Waals surface area contributed by atoms with Crippen LogP contribution in [0.3, 0.4) is 0 Å². The van der Waals surface area contributed by atoms with Crippen LogP contribution in [0.4, 0.5) is 0 Å². The number of guanidine groups is 1. The van der Waals surface area contributed by atoms with Crippen LogP contribution < -0.4 is 49.3 Å². The first-order valence-electron chi connectivity index (χ1n) is 24.5. The molecule has 15 atom stereocenters. The van der Waals surface area contributed by atoms with Crippen molar-refractivity contribution in [3.63, 3.8) is 0 Å². The molecule has 0 bridgehead atoms. The fourth-order valence-electron chi connectivity index (χ4n) is 8.69. The number of esters is 1. The second kappa shape index (κ2) is 27.8. The highest BCUT2D eigenvalue weighted by atomic mass is 16.7. The number of hydrogen-bond acceptors (Lipinski definition) is 21. The fraction of sp³-hybridized carbons (Fsp3) is 0.778. The number of aromatic nitrogens is 2. The summed E-state index contributed by atoms with van der Waals surface area (Å²) < 4.78 is 24.0. The van der Waals surface area contributed by atoms with Crippen LogP contribution in [0, 0.1) is 17.8 Å². The highest BCUT2D eigenvalue weighted by Crippen LogP contribution is 2.34. The molecule has 2 amide bonds. The number of nitrogens with one attached hydrogen (secondary N) is 6. The Hall–Kier alpha value is -5.10. The molecule has 16 N–H and O–H groups in total. The number of carboxylic acids is 2. The fourth-order valence-corrected chi connectivity index (χ4v) is 8.69. The van der Waals surface area contributed by atoms with Gasteiger partial charge in [0.15, 0.2) is 18.5 Å². The third kappa shape index (κ3) is 16.2. The van der Waals surface area contributed by atoms with E-state index in [4.69, 9.17) is 30.4 Å². The molecule has 408 valence electrons. The summed E-state index contributed by atoms with van der Waals surface area (Å²) in [6.45, 7) is 10.4. The predicted octanol–water partition coefficient (Wildman–Crippen LogP) is -4.10. The summed E-state index contributed by atoms with van der Waals surface area (Å²) in [5, 5.41) is 78.2. The maximum absolute atomic E-state index is 14.4. The smallest absolute Gasteiger partial charge is 0.330 e. The van der Waals surface area contributed by atoms with Gasteiger partial charge in [-0.15, -0.1) is 0 Å². The Morgan fingerprint density at radius 3 is 2.14 bits per heavy atom. The number of rotatable bonds is 29. The van der Waals surface area contributed by atoms with Gasteiger partial charge in [0.2, 0.25) is 11.8 Å². The van der Waals surface area contributed by atoms with Gasteiger partial charge in [-0.05, 0) is 43.6 Å². The predicted molar refractivity (Wildman–Crippen MR) is 255 cm³/mol. The number of H-pyrrole nitrogens is 1. The summed E-state index contributed by atoms with van der Waals surface area (Å²) in [5.74, 6) is -5.57. The lowest BCUT2D eigenvalue weighted by molar-refractivity contribution is -0.228. The lowest BCUT2D eigenvalue weighted by Gasteiger charge is -2.35. The van der Waals surface area contributed by atoms with E-state index in [2.05, 4.69) is 45.4 Å². The van der Waals surface area contributed by atoms with Crippen molar-refractivity contribution in [3.05, 3.63) is 33.1 Å². The van der Waals surface area contributed by atoms with E-state index < -0.39 is 144 Å². The van der Waals surface area contributed by atoms with E-state index in [9.17, 15) is 64.2 Å². The molecule has 72 heavy (non-hydrogen) atoms. The average Bonchev–Trinajstić information content (AvgIpc) is 3.75. The zero-order valence-corrected chi connectivity index (χ0v) is 41.5. The summed E-state index contributed by atoms with van der Waals surface area (Å²) >= 11 is 0. The van der Waals surface area contributed by atoms with Crippen LogP contribution in [-0.4, -0.2) is 187 Å². The molecule has 27 heteroatoms. The van der Waals surface area contributed by atoms with Crippen LogP contribution in [0.1, 0.15) is 92.7 Å². The van der Waals surface area contributed by atoms with Crippen LogP contribution in [0.5, 0.6) is 0 Å². The topological polar surface area (TPSA) is 423 Å². The molecule has 1 aromatic rings. The number of ether oxygens (including phenoxy) is 4. The molecule has 3 aliphatic rings. The molecule has 0 unspecified atom stereocenters. The Morgan fingerprint density at radius 2 is 1.56 bits per heavy atom. The largest absolute Gasteiger partial charge is 0.480 e.